The Balaban J connectivity index is 3.50. The van der Waals surface area contributed by atoms with Crippen LogP contribution in [0, 0.1) is 12.7 Å². The molecule has 0 aliphatic carbocycles. The zero-order chi connectivity index (χ0) is 10.2. The lowest BCUT2D eigenvalue weighted by Crippen LogP contribution is -1.95. The van der Waals surface area contributed by atoms with E-state index in [-0.39, 0.29) is 14.9 Å². The van der Waals surface area contributed by atoms with Gasteiger partial charge < -0.3 is 0 Å². The van der Waals surface area contributed by atoms with E-state index in [1.807, 2.05) is 0 Å². The van der Waals surface area contributed by atoms with Gasteiger partial charge in [0.1, 0.15) is 5.82 Å². The summed E-state index contributed by atoms with van der Waals surface area (Å²) < 4.78 is 34.8. The van der Waals surface area contributed by atoms with Gasteiger partial charge in [0, 0.05) is 10.7 Å². The molecule has 0 atom stereocenters. The fraction of sp³-hybridized carbons (Fsp3) is 0.143. The first-order valence-electron chi connectivity index (χ1n) is 3.22. The van der Waals surface area contributed by atoms with Crippen LogP contribution in [-0.2, 0) is 9.05 Å². The largest absolute Gasteiger partial charge is 0.261 e. The average molecular weight is 288 g/mol. The van der Waals surface area contributed by atoms with Crippen molar-refractivity contribution in [2.75, 3.05) is 0 Å². The summed E-state index contributed by atoms with van der Waals surface area (Å²) in [5.41, 5.74) is 0.288. The Morgan fingerprint density at radius 1 is 1.46 bits per heavy atom. The van der Waals surface area contributed by atoms with Gasteiger partial charge in [0.2, 0.25) is 0 Å². The Kier molecular flexibility index (Phi) is 2.99. The van der Waals surface area contributed by atoms with Crippen LogP contribution in [0.15, 0.2) is 21.5 Å². The number of hydrogen-bond donors (Lipinski definition) is 0. The first-order chi connectivity index (χ1) is 5.82. The molecular formula is C7H5BrClFO2S. The van der Waals surface area contributed by atoms with E-state index in [9.17, 15) is 12.8 Å². The number of aryl methyl sites for hydroxylation is 1. The molecule has 0 aliphatic rings. The van der Waals surface area contributed by atoms with Gasteiger partial charge in [-0.3, -0.25) is 0 Å². The molecule has 1 rings (SSSR count). The monoisotopic (exact) mass is 286 g/mol. The van der Waals surface area contributed by atoms with Crippen molar-refractivity contribution in [3.8, 4) is 0 Å². The first kappa shape index (κ1) is 10.9. The Morgan fingerprint density at radius 3 is 2.46 bits per heavy atom. The van der Waals surface area contributed by atoms with E-state index in [4.69, 9.17) is 10.7 Å². The van der Waals surface area contributed by atoms with E-state index in [2.05, 4.69) is 15.9 Å². The number of benzene rings is 1. The van der Waals surface area contributed by atoms with Crippen molar-refractivity contribution in [3.63, 3.8) is 0 Å². The third-order valence-electron chi connectivity index (χ3n) is 1.48. The molecule has 1 aromatic carbocycles. The van der Waals surface area contributed by atoms with Crippen molar-refractivity contribution in [1.82, 2.24) is 0 Å². The second-order valence-corrected chi connectivity index (χ2v) is 5.86. The predicted octanol–water partition coefficient (Wildman–Crippen LogP) is 2.82. The Morgan fingerprint density at radius 2 is 2.00 bits per heavy atom. The van der Waals surface area contributed by atoms with Gasteiger partial charge in [-0.05, 0) is 40.5 Å². The van der Waals surface area contributed by atoms with Gasteiger partial charge in [-0.25, -0.2) is 12.8 Å². The molecule has 0 fully saturated rings. The van der Waals surface area contributed by atoms with Crippen molar-refractivity contribution in [3.05, 3.63) is 28.0 Å². The molecule has 0 heterocycles. The lowest BCUT2D eigenvalue weighted by Gasteiger charge is -2.02. The highest BCUT2D eigenvalue weighted by Gasteiger charge is 2.15. The molecule has 2 nitrogen and oxygen atoms in total. The second kappa shape index (κ2) is 3.55. The summed E-state index contributed by atoms with van der Waals surface area (Å²) in [5.74, 6) is -0.512. The summed E-state index contributed by atoms with van der Waals surface area (Å²) in [5, 5.41) is 0. The molecule has 0 unspecified atom stereocenters. The molecular weight excluding hydrogens is 282 g/mol. The maximum Gasteiger partial charge on any atom is 0.261 e. The Hall–Kier alpha value is -0.130. The lowest BCUT2D eigenvalue weighted by molar-refractivity contribution is 0.604. The van der Waals surface area contributed by atoms with Crippen LogP contribution in [-0.4, -0.2) is 8.42 Å². The van der Waals surface area contributed by atoms with Crippen molar-refractivity contribution < 1.29 is 12.8 Å². The molecule has 0 radical (unpaired) electrons. The number of rotatable bonds is 1. The highest BCUT2D eigenvalue weighted by Crippen LogP contribution is 2.25. The van der Waals surface area contributed by atoms with E-state index in [0.29, 0.717) is 0 Å². The van der Waals surface area contributed by atoms with Crippen LogP contribution in [0.3, 0.4) is 0 Å². The van der Waals surface area contributed by atoms with Gasteiger partial charge >= 0.3 is 0 Å². The summed E-state index contributed by atoms with van der Waals surface area (Å²) in [6.07, 6.45) is 0. The summed E-state index contributed by atoms with van der Waals surface area (Å²) in [7, 11) is 1.32. The quantitative estimate of drug-likeness (QED) is 0.744. The number of halogens is 3. The lowest BCUT2D eigenvalue weighted by atomic mass is 10.2. The van der Waals surface area contributed by atoms with E-state index in [1.54, 1.807) is 0 Å². The molecule has 0 aliphatic heterocycles. The summed E-state index contributed by atoms with van der Waals surface area (Å²) >= 11 is 2.87. The maximum atomic E-state index is 12.9. The van der Waals surface area contributed by atoms with Gasteiger partial charge in [-0.1, -0.05) is 0 Å². The fourth-order valence-electron chi connectivity index (χ4n) is 0.891. The molecule has 0 bridgehead atoms. The predicted molar refractivity (Wildman–Crippen MR) is 51.9 cm³/mol. The third-order valence-corrected chi connectivity index (χ3v) is 3.55. The third kappa shape index (κ3) is 2.42. The number of hydrogen-bond acceptors (Lipinski definition) is 2. The molecule has 0 spiro atoms. The minimum Gasteiger partial charge on any atom is -0.207 e. The Bertz CT molecular complexity index is 444. The van der Waals surface area contributed by atoms with Crippen LogP contribution in [0.1, 0.15) is 5.56 Å². The first-order valence-corrected chi connectivity index (χ1v) is 6.33. The molecule has 0 aromatic heterocycles. The summed E-state index contributed by atoms with van der Waals surface area (Å²) in [6, 6.07) is 2.26. The van der Waals surface area contributed by atoms with E-state index < -0.39 is 14.9 Å². The molecule has 6 heteroatoms. The van der Waals surface area contributed by atoms with Crippen molar-refractivity contribution >= 4 is 35.7 Å². The fourth-order valence-corrected chi connectivity index (χ4v) is 2.59. The van der Waals surface area contributed by atoms with Crippen LogP contribution in [0.5, 0.6) is 0 Å². The topological polar surface area (TPSA) is 34.1 Å². The van der Waals surface area contributed by atoms with Gasteiger partial charge in [0.15, 0.2) is 0 Å². The van der Waals surface area contributed by atoms with Gasteiger partial charge in [-0.2, -0.15) is 0 Å². The van der Waals surface area contributed by atoms with Gasteiger partial charge in [-0.15, -0.1) is 0 Å². The minimum absolute atomic E-state index is 0.0809. The molecule has 0 saturated carbocycles. The standard InChI is InChI=1S/C7H5BrClFO2S/c1-4-2-6(10)5(8)3-7(4)13(9,11)12/h2-3H,1H3. The normalized spacial score (nSPS) is 11.7. The van der Waals surface area contributed by atoms with Crippen LogP contribution < -0.4 is 0 Å². The molecule has 1 aromatic rings. The van der Waals surface area contributed by atoms with Gasteiger partial charge in [0.25, 0.3) is 9.05 Å². The van der Waals surface area contributed by atoms with Crippen LogP contribution >= 0.6 is 26.6 Å². The Labute approximate surface area is 88.3 Å². The average Bonchev–Trinajstić information content (AvgIpc) is 1.94. The maximum absolute atomic E-state index is 12.9. The van der Waals surface area contributed by atoms with E-state index >= 15 is 0 Å². The van der Waals surface area contributed by atoms with Crippen molar-refractivity contribution in [1.29, 1.82) is 0 Å². The highest BCUT2D eigenvalue weighted by molar-refractivity contribution is 9.10. The van der Waals surface area contributed by atoms with Crippen LogP contribution in [0.25, 0.3) is 0 Å². The molecule has 13 heavy (non-hydrogen) atoms. The van der Waals surface area contributed by atoms with Crippen molar-refractivity contribution in [2.24, 2.45) is 0 Å². The second-order valence-electron chi connectivity index (χ2n) is 2.47. The SMILES string of the molecule is Cc1cc(F)c(Br)cc1S(=O)(=O)Cl. The van der Waals surface area contributed by atoms with E-state index in [0.717, 1.165) is 12.1 Å². The molecule has 0 amide bonds. The smallest absolute Gasteiger partial charge is 0.207 e. The molecule has 72 valence electrons. The minimum atomic E-state index is -3.80. The van der Waals surface area contributed by atoms with Crippen LogP contribution in [0.2, 0.25) is 0 Å². The zero-order valence-corrected chi connectivity index (χ0v) is 9.67. The molecule has 0 saturated heterocycles. The zero-order valence-electron chi connectivity index (χ0n) is 6.51. The summed E-state index contributed by atoms with van der Waals surface area (Å²) in [6.45, 7) is 1.48. The summed E-state index contributed by atoms with van der Waals surface area (Å²) in [4.78, 5) is -0.0811. The van der Waals surface area contributed by atoms with E-state index in [1.165, 1.54) is 6.92 Å². The highest BCUT2D eigenvalue weighted by atomic mass is 79.9. The molecule has 0 N–H and O–H groups in total. The van der Waals surface area contributed by atoms with Crippen LogP contribution in [0.4, 0.5) is 4.39 Å². The van der Waals surface area contributed by atoms with Crippen molar-refractivity contribution in [2.45, 2.75) is 11.8 Å². The van der Waals surface area contributed by atoms with Gasteiger partial charge in [0.05, 0.1) is 9.37 Å².